The minimum absolute atomic E-state index is 0.110. The minimum atomic E-state index is -2.16. The third-order valence-corrected chi connectivity index (χ3v) is 3.41. The van der Waals surface area contributed by atoms with Crippen LogP contribution in [0.2, 0.25) is 0 Å². The van der Waals surface area contributed by atoms with Gasteiger partial charge in [-0.3, -0.25) is 0 Å². The first-order valence-electron chi connectivity index (χ1n) is 5.91. The van der Waals surface area contributed by atoms with Crippen LogP contribution in [0.3, 0.4) is 0 Å². The predicted octanol–water partition coefficient (Wildman–Crippen LogP) is -1.22. The van der Waals surface area contributed by atoms with Crippen molar-refractivity contribution in [3.05, 3.63) is 6.33 Å². The van der Waals surface area contributed by atoms with Gasteiger partial charge in [0.1, 0.15) is 18.5 Å². The van der Waals surface area contributed by atoms with Gasteiger partial charge in [0.05, 0.1) is 6.61 Å². The van der Waals surface area contributed by atoms with Gasteiger partial charge in [-0.1, -0.05) is 5.21 Å². The van der Waals surface area contributed by atoms with Gasteiger partial charge < -0.3 is 20.7 Å². The number of nitrogens with zero attached hydrogens (tertiary/aromatic N) is 5. The molecule has 0 aliphatic carbocycles. The quantitative estimate of drug-likeness (QED) is 0.625. The summed E-state index contributed by atoms with van der Waals surface area (Å²) in [5.74, 6) is 0.110. The van der Waals surface area contributed by atoms with Gasteiger partial charge >= 0.3 is 0 Å². The van der Waals surface area contributed by atoms with Crippen molar-refractivity contribution in [1.82, 2.24) is 25.0 Å². The van der Waals surface area contributed by atoms with E-state index in [9.17, 15) is 9.50 Å². The zero-order valence-corrected chi connectivity index (χ0v) is 10.5. The highest BCUT2D eigenvalue weighted by molar-refractivity contribution is 5.80. The molecule has 4 atom stereocenters. The minimum Gasteiger partial charge on any atom is -0.394 e. The van der Waals surface area contributed by atoms with Gasteiger partial charge in [0.25, 0.3) is 0 Å². The van der Waals surface area contributed by atoms with Crippen LogP contribution >= 0.6 is 0 Å². The fraction of sp³-hybridized carbons (Fsp3) is 0.600. The van der Waals surface area contributed by atoms with Crippen molar-refractivity contribution in [3.8, 4) is 0 Å². The second-order valence-electron chi connectivity index (χ2n) is 4.77. The summed E-state index contributed by atoms with van der Waals surface area (Å²) >= 11 is 0. The van der Waals surface area contributed by atoms with E-state index in [0.717, 1.165) is 11.6 Å². The van der Waals surface area contributed by atoms with E-state index >= 15 is 0 Å². The highest BCUT2D eigenvalue weighted by Gasteiger charge is 2.55. The Balaban J connectivity index is 2.10. The molecule has 108 valence electrons. The standard InChI is InChI=1S/C10H13FN6O3/c1-10(11)6(19)4(2-18)20-9(10)17-8-5(15-16-17)7(12)13-3-14-8/h3-4,6,9,18-19H,2H2,1H3,(H2,12,13,14)/t4-,6-,9-,10-/m1/s1. The molecule has 0 amide bonds. The second kappa shape index (κ2) is 4.30. The van der Waals surface area contributed by atoms with Gasteiger partial charge in [0.2, 0.25) is 0 Å². The number of ether oxygens (including phenoxy) is 1. The van der Waals surface area contributed by atoms with Crippen LogP contribution in [-0.4, -0.2) is 59.7 Å². The molecule has 0 aromatic carbocycles. The molecular weight excluding hydrogens is 271 g/mol. The molecule has 0 radical (unpaired) electrons. The highest BCUT2D eigenvalue weighted by atomic mass is 19.1. The molecule has 2 aromatic rings. The normalized spacial score (nSPS) is 33.9. The van der Waals surface area contributed by atoms with Crippen LogP contribution in [0.4, 0.5) is 10.2 Å². The Morgan fingerprint density at radius 2 is 2.30 bits per heavy atom. The number of hydrogen-bond acceptors (Lipinski definition) is 8. The van der Waals surface area contributed by atoms with E-state index < -0.39 is 30.7 Å². The maximum absolute atomic E-state index is 14.6. The van der Waals surface area contributed by atoms with E-state index in [1.165, 1.54) is 6.33 Å². The van der Waals surface area contributed by atoms with Crippen molar-refractivity contribution in [3.63, 3.8) is 0 Å². The monoisotopic (exact) mass is 284 g/mol. The molecule has 0 saturated carbocycles. The summed E-state index contributed by atoms with van der Waals surface area (Å²) in [6, 6.07) is 0. The number of aliphatic hydroxyl groups is 2. The molecule has 10 heteroatoms. The van der Waals surface area contributed by atoms with Gasteiger partial charge in [0.15, 0.2) is 28.9 Å². The van der Waals surface area contributed by atoms with Crippen molar-refractivity contribution < 1.29 is 19.3 Å². The summed E-state index contributed by atoms with van der Waals surface area (Å²) in [7, 11) is 0. The largest absolute Gasteiger partial charge is 0.394 e. The molecule has 0 bridgehead atoms. The van der Waals surface area contributed by atoms with E-state index in [1.54, 1.807) is 0 Å². The molecule has 3 rings (SSSR count). The highest BCUT2D eigenvalue weighted by Crippen LogP contribution is 2.41. The molecule has 3 heterocycles. The van der Waals surface area contributed by atoms with Gasteiger partial charge in [-0.25, -0.2) is 14.4 Å². The van der Waals surface area contributed by atoms with Crippen LogP contribution < -0.4 is 5.73 Å². The van der Waals surface area contributed by atoms with E-state index in [4.69, 9.17) is 15.6 Å². The van der Waals surface area contributed by atoms with Crippen molar-refractivity contribution in [2.45, 2.75) is 31.0 Å². The number of rotatable bonds is 2. The van der Waals surface area contributed by atoms with E-state index in [0.29, 0.717) is 0 Å². The summed E-state index contributed by atoms with van der Waals surface area (Å²) in [6.45, 7) is 0.650. The molecule has 2 aromatic heterocycles. The van der Waals surface area contributed by atoms with E-state index in [-0.39, 0.29) is 17.0 Å². The molecule has 0 unspecified atom stereocenters. The number of aromatic nitrogens is 5. The smallest absolute Gasteiger partial charge is 0.191 e. The maximum atomic E-state index is 14.6. The fourth-order valence-corrected chi connectivity index (χ4v) is 2.26. The van der Waals surface area contributed by atoms with Crippen LogP contribution in [0.5, 0.6) is 0 Å². The number of nitrogens with two attached hydrogens (primary N) is 1. The molecular formula is C10H13FN6O3. The van der Waals surface area contributed by atoms with Crippen LogP contribution in [0.25, 0.3) is 11.2 Å². The van der Waals surface area contributed by atoms with E-state index in [2.05, 4.69) is 20.3 Å². The average Bonchev–Trinajstić information content (AvgIpc) is 2.92. The van der Waals surface area contributed by atoms with Gasteiger partial charge in [-0.15, -0.1) is 5.10 Å². The lowest BCUT2D eigenvalue weighted by atomic mass is 9.99. The number of alkyl halides is 1. The lowest BCUT2D eigenvalue weighted by Crippen LogP contribution is -2.40. The number of hydrogen-bond donors (Lipinski definition) is 3. The van der Waals surface area contributed by atoms with Crippen molar-refractivity contribution >= 4 is 17.0 Å². The molecule has 20 heavy (non-hydrogen) atoms. The Morgan fingerprint density at radius 3 is 2.95 bits per heavy atom. The second-order valence-corrected chi connectivity index (χ2v) is 4.77. The predicted molar refractivity (Wildman–Crippen MR) is 64.0 cm³/mol. The number of aliphatic hydroxyl groups excluding tert-OH is 2. The Morgan fingerprint density at radius 1 is 1.55 bits per heavy atom. The molecule has 9 nitrogen and oxygen atoms in total. The van der Waals surface area contributed by atoms with Crippen LogP contribution in [-0.2, 0) is 4.74 Å². The molecule has 1 aliphatic heterocycles. The summed E-state index contributed by atoms with van der Waals surface area (Å²) < 4.78 is 21.1. The summed E-state index contributed by atoms with van der Waals surface area (Å²) in [4.78, 5) is 7.70. The Hall–Kier alpha value is -1.91. The summed E-state index contributed by atoms with van der Waals surface area (Å²) in [5.41, 5.74) is 3.88. The first kappa shape index (κ1) is 13.1. The molecule has 1 fully saturated rings. The zero-order chi connectivity index (χ0) is 14.5. The molecule has 0 spiro atoms. The van der Waals surface area contributed by atoms with Crippen molar-refractivity contribution in [1.29, 1.82) is 0 Å². The molecule has 1 saturated heterocycles. The van der Waals surface area contributed by atoms with Crippen LogP contribution in [0.15, 0.2) is 6.33 Å². The topological polar surface area (TPSA) is 132 Å². The third kappa shape index (κ3) is 1.65. The first-order valence-corrected chi connectivity index (χ1v) is 5.91. The average molecular weight is 284 g/mol. The first-order chi connectivity index (χ1) is 9.46. The Bertz CT molecular complexity index is 647. The van der Waals surface area contributed by atoms with E-state index in [1.807, 2.05) is 0 Å². The molecule has 1 aliphatic rings. The van der Waals surface area contributed by atoms with Crippen molar-refractivity contribution in [2.24, 2.45) is 0 Å². The maximum Gasteiger partial charge on any atom is 0.191 e. The lowest BCUT2D eigenvalue weighted by molar-refractivity contribution is -0.0639. The van der Waals surface area contributed by atoms with Gasteiger partial charge in [-0.05, 0) is 6.92 Å². The summed E-state index contributed by atoms with van der Waals surface area (Å²) in [5, 5.41) is 26.5. The van der Waals surface area contributed by atoms with Gasteiger partial charge in [-0.2, -0.15) is 4.68 Å². The zero-order valence-electron chi connectivity index (χ0n) is 10.5. The fourth-order valence-electron chi connectivity index (χ4n) is 2.26. The number of anilines is 1. The summed E-state index contributed by atoms with van der Waals surface area (Å²) in [6.07, 6.45) is -2.61. The van der Waals surface area contributed by atoms with Crippen molar-refractivity contribution in [2.75, 3.05) is 12.3 Å². The van der Waals surface area contributed by atoms with Gasteiger partial charge in [0, 0.05) is 0 Å². The third-order valence-electron chi connectivity index (χ3n) is 3.41. The van der Waals surface area contributed by atoms with Crippen LogP contribution in [0, 0.1) is 0 Å². The number of nitrogen functional groups attached to an aromatic ring is 1. The lowest BCUT2D eigenvalue weighted by Gasteiger charge is -2.23. The molecule has 4 N–H and O–H groups in total. The Kier molecular flexibility index (Phi) is 2.81. The number of halogens is 1. The number of fused-ring (bicyclic) bond motifs is 1. The Labute approximate surface area is 112 Å². The SMILES string of the molecule is C[C@@]1(F)[C@H](O)[C@@H](CO)O[C@H]1n1nnc2c(N)ncnc21. The van der Waals surface area contributed by atoms with Crippen LogP contribution in [0.1, 0.15) is 13.2 Å².